The molecule has 0 radical (unpaired) electrons. The maximum atomic E-state index is 12.4. The van der Waals surface area contributed by atoms with E-state index in [0.717, 1.165) is 6.54 Å². The van der Waals surface area contributed by atoms with Gasteiger partial charge in [-0.1, -0.05) is 13.8 Å². The summed E-state index contributed by atoms with van der Waals surface area (Å²) in [5.74, 6) is -1.36. The number of carbonyl (C=O) groups is 2. The van der Waals surface area contributed by atoms with Crippen LogP contribution in [0.5, 0.6) is 0 Å². The van der Waals surface area contributed by atoms with Gasteiger partial charge in [0.25, 0.3) is 10.1 Å². The summed E-state index contributed by atoms with van der Waals surface area (Å²) in [5, 5.41) is 12.1. The molecule has 154 valence electrons. The third-order valence-corrected chi connectivity index (χ3v) is 5.27. The third-order valence-electron chi connectivity index (χ3n) is 4.47. The molecule has 0 saturated carbocycles. The van der Waals surface area contributed by atoms with Crippen molar-refractivity contribution >= 4 is 22.0 Å². The van der Waals surface area contributed by atoms with E-state index in [0.29, 0.717) is 30.4 Å². The van der Waals surface area contributed by atoms with Gasteiger partial charge in [-0.3, -0.25) is 14.1 Å². The first kappa shape index (κ1) is 24.8. The Morgan fingerprint density at radius 3 is 1.96 bits per heavy atom. The standard InChI is InChI=1S/C17H34N2O6S/c1-16(2,13-17(3,4)15(21)22)14(20)18-9-7-10-19(5,6)11-8-12-26(23,24)25/h7-13H2,1-6H3,(H2-,18,20,21,22,23,24,25)/p+1. The molecular weight excluding hydrogens is 360 g/mol. The monoisotopic (exact) mass is 395 g/mol. The van der Waals surface area contributed by atoms with Crippen LogP contribution in [0.15, 0.2) is 0 Å². The van der Waals surface area contributed by atoms with E-state index in [1.54, 1.807) is 27.7 Å². The lowest BCUT2D eigenvalue weighted by Gasteiger charge is -2.32. The summed E-state index contributed by atoms with van der Waals surface area (Å²) in [5.41, 5.74) is -1.77. The quantitative estimate of drug-likeness (QED) is 0.261. The Morgan fingerprint density at radius 2 is 1.50 bits per heavy atom. The number of hydrogen-bond donors (Lipinski definition) is 3. The van der Waals surface area contributed by atoms with Gasteiger partial charge in [0.05, 0.1) is 38.4 Å². The van der Waals surface area contributed by atoms with Crippen molar-refractivity contribution in [3.05, 3.63) is 0 Å². The van der Waals surface area contributed by atoms with Crippen LogP contribution < -0.4 is 5.32 Å². The van der Waals surface area contributed by atoms with Gasteiger partial charge in [0.1, 0.15) is 0 Å². The van der Waals surface area contributed by atoms with Crippen molar-refractivity contribution < 1.29 is 32.1 Å². The second-order valence-corrected chi connectivity index (χ2v) is 10.5. The van der Waals surface area contributed by atoms with Gasteiger partial charge in [-0.15, -0.1) is 0 Å². The van der Waals surface area contributed by atoms with E-state index >= 15 is 0 Å². The second-order valence-electron chi connectivity index (χ2n) is 8.88. The first-order valence-electron chi connectivity index (χ1n) is 8.77. The molecule has 1 amide bonds. The Kier molecular flexibility index (Phi) is 8.72. The molecular formula is C17H35N2O6S+. The van der Waals surface area contributed by atoms with Crippen LogP contribution >= 0.6 is 0 Å². The maximum Gasteiger partial charge on any atom is 0.309 e. The number of quaternary nitrogens is 1. The number of rotatable bonds is 12. The highest BCUT2D eigenvalue weighted by Gasteiger charge is 2.38. The van der Waals surface area contributed by atoms with E-state index in [4.69, 9.17) is 4.55 Å². The minimum absolute atomic E-state index is 0.177. The molecule has 9 heteroatoms. The number of nitrogens with one attached hydrogen (secondary N) is 1. The maximum absolute atomic E-state index is 12.4. The number of carboxylic acid groups (broad SMARTS) is 1. The minimum atomic E-state index is -3.93. The normalized spacial score (nSPS) is 13.5. The molecule has 0 unspecified atom stereocenters. The summed E-state index contributed by atoms with van der Waals surface area (Å²) >= 11 is 0. The molecule has 0 aliphatic rings. The molecule has 3 N–H and O–H groups in total. The van der Waals surface area contributed by atoms with Gasteiger partial charge in [-0.2, -0.15) is 8.42 Å². The van der Waals surface area contributed by atoms with Crippen LogP contribution in [0.4, 0.5) is 0 Å². The Labute approximate surface area is 157 Å². The highest BCUT2D eigenvalue weighted by molar-refractivity contribution is 7.85. The summed E-state index contributed by atoms with van der Waals surface area (Å²) < 4.78 is 30.8. The molecule has 0 atom stereocenters. The van der Waals surface area contributed by atoms with Crippen molar-refractivity contribution in [1.29, 1.82) is 0 Å². The van der Waals surface area contributed by atoms with E-state index in [-0.39, 0.29) is 18.1 Å². The zero-order chi connectivity index (χ0) is 20.8. The molecule has 0 aromatic heterocycles. The van der Waals surface area contributed by atoms with Gasteiger partial charge in [-0.25, -0.2) is 0 Å². The fourth-order valence-corrected chi connectivity index (χ4v) is 3.49. The number of amides is 1. The SMILES string of the molecule is CC(C)(CC(C)(C)C(=O)NCCC[N+](C)(C)CCCS(=O)(=O)O)C(=O)O. The number of nitrogens with zero attached hydrogens (tertiary/aromatic N) is 1. The molecule has 26 heavy (non-hydrogen) atoms. The van der Waals surface area contributed by atoms with Gasteiger partial charge < -0.3 is 14.9 Å². The van der Waals surface area contributed by atoms with Crippen LogP contribution in [-0.4, -0.2) is 73.9 Å². The summed E-state index contributed by atoms with van der Waals surface area (Å²) in [7, 11) is -0.00249. The summed E-state index contributed by atoms with van der Waals surface area (Å²) in [6, 6.07) is 0. The van der Waals surface area contributed by atoms with Gasteiger partial charge in [0, 0.05) is 24.8 Å². The van der Waals surface area contributed by atoms with Gasteiger partial charge in [-0.05, 0) is 20.3 Å². The van der Waals surface area contributed by atoms with Crippen LogP contribution in [0.2, 0.25) is 0 Å². The molecule has 0 aliphatic heterocycles. The molecule has 0 spiro atoms. The molecule has 0 saturated heterocycles. The van der Waals surface area contributed by atoms with Crippen LogP contribution in [-0.2, 0) is 19.7 Å². The second kappa shape index (κ2) is 9.14. The fourth-order valence-electron chi connectivity index (χ4n) is 3.00. The van der Waals surface area contributed by atoms with Crippen LogP contribution in [0.25, 0.3) is 0 Å². The minimum Gasteiger partial charge on any atom is -0.481 e. The lowest BCUT2D eigenvalue weighted by atomic mass is 9.74. The first-order chi connectivity index (χ1) is 11.5. The average Bonchev–Trinajstić information content (AvgIpc) is 2.40. The van der Waals surface area contributed by atoms with Gasteiger partial charge >= 0.3 is 5.97 Å². The Bertz CT molecular complexity index is 596. The number of carbonyl (C=O) groups excluding carboxylic acids is 1. The van der Waals surface area contributed by atoms with Gasteiger partial charge in [0.15, 0.2) is 0 Å². The summed E-state index contributed by atoms with van der Waals surface area (Å²) in [6.07, 6.45) is 1.32. The molecule has 0 bridgehead atoms. The van der Waals surface area contributed by atoms with Crippen LogP contribution in [0.1, 0.15) is 47.0 Å². The Morgan fingerprint density at radius 1 is 1.00 bits per heavy atom. The molecule has 0 rings (SSSR count). The van der Waals surface area contributed by atoms with E-state index in [2.05, 4.69) is 5.32 Å². The van der Waals surface area contributed by atoms with Crippen molar-refractivity contribution in [3.8, 4) is 0 Å². The predicted molar refractivity (Wildman–Crippen MR) is 100 cm³/mol. The van der Waals surface area contributed by atoms with E-state index in [1.165, 1.54) is 0 Å². The largest absolute Gasteiger partial charge is 0.481 e. The summed E-state index contributed by atoms with van der Waals surface area (Å²) in [4.78, 5) is 23.6. The zero-order valence-electron chi connectivity index (χ0n) is 16.8. The topological polar surface area (TPSA) is 121 Å². The number of hydrogen-bond acceptors (Lipinski definition) is 4. The Hall–Kier alpha value is -1.19. The van der Waals surface area contributed by atoms with Gasteiger partial charge in [0.2, 0.25) is 5.91 Å². The van der Waals surface area contributed by atoms with E-state index in [9.17, 15) is 23.1 Å². The zero-order valence-corrected chi connectivity index (χ0v) is 17.6. The van der Waals surface area contributed by atoms with E-state index in [1.807, 2.05) is 14.1 Å². The molecule has 0 aromatic rings. The lowest BCUT2D eigenvalue weighted by molar-refractivity contribution is -0.890. The third kappa shape index (κ3) is 10.1. The molecule has 8 nitrogen and oxygen atoms in total. The van der Waals surface area contributed by atoms with Crippen molar-refractivity contribution in [2.45, 2.75) is 47.0 Å². The van der Waals surface area contributed by atoms with Crippen molar-refractivity contribution in [1.82, 2.24) is 5.32 Å². The smallest absolute Gasteiger partial charge is 0.309 e. The highest BCUT2D eigenvalue weighted by atomic mass is 32.2. The fraction of sp³-hybridized carbons (Fsp3) is 0.882. The number of carboxylic acids is 1. The van der Waals surface area contributed by atoms with Crippen molar-refractivity contribution in [2.75, 3.05) is 39.5 Å². The summed E-state index contributed by atoms with van der Waals surface area (Å²) in [6.45, 7) is 8.51. The average molecular weight is 396 g/mol. The molecule has 0 aromatic carbocycles. The highest BCUT2D eigenvalue weighted by Crippen LogP contribution is 2.34. The Balaban J connectivity index is 4.34. The lowest BCUT2D eigenvalue weighted by Crippen LogP contribution is -2.45. The van der Waals surface area contributed by atoms with Crippen LogP contribution in [0.3, 0.4) is 0 Å². The number of aliphatic carboxylic acids is 1. The van der Waals surface area contributed by atoms with Crippen LogP contribution in [0, 0.1) is 10.8 Å². The first-order valence-corrected chi connectivity index (χ1v) is 10.4. The van der Waals surface area contributed by atoms with Crippen molar-refractivity contribution in [2.24, 2.45) is 10.8 Å². The molecule has 0 aliphatic carbocycles. The molecule has 0 fully saturated rings. The van der Waals surface area contributed by atoms with Crippen molar-refractivity contribution in [3.63, 3.8) is 0 Å². The molecule has 0 heterocycles. The predicted octanol–water partition coefficient (Wildman–Crippen LogP) is 1.37. The van der Waals surface area contributed by atoms with E-state index < -0.39 is 26.9 Å².